The lowest BCUT2D eigenvalue weighted by Crippen LogP contribution is -2.40. The van der Waals surface area contributed by atoms with Crippen molar-refractivity contribution >= 4 is 41.7 Å². The van der Waals surface area contributed by atoms with E-state index in [0.29, 0.717) is 22.9 Å². The summed E-state index contributed by atoms with van der Waals surface area (Å²) in [5, 5.41) is 5.77. The van der Waals surface area contributed by atoms with Crippen LogP contribution in [0.1, 0.15) is 12.5 Å². The minimum absolute atomic E-state index is 0. The van der Waals surface area contributed by atoms with Gasteiger partial charge in [0.2, 0.25) is 5.91 Å². The third kappa shape index (κ3) is 6.09. The predicted octanol–water partition coefficient (Wildman–Crippen LogP) is 2.62. The zero-order valence-corrected chi connectivity index (χ0v) is 15.1. The lowest BCUT2D eigenvalue weighted by Gasteiger charge is -2.22. The van der Waals surface area contributed by atoms with Crippen LogP contribution in [0.15, 0.2) is 24.3 Å². The van der Waals surface area contributed by atoms with Crippen LogP contribution in [0, 0.1) is 0 Å². The maximum absolute atomic E-state index is 12.6. The molecule has 1 aromatic carbocycles. The van der Waals surface area contributed by atoms with E-state index in [0.717, 1.165) is 4.90 Å². The van der Waals surface area contributed by atoms with Gasteiger partial charge in [-0.3, -0.25) is 14.9 Å². The lowest BCUT2D eigenvalue weighted by molar-refractivity contribution is -0.185. The summed E-state index contributed by atoms with van der Waals surface area (Å²) in [6.07, 6.45) is -4.90. The molecule has 0 spiro atoms. The molecular weight excluding hydrogens is 379 g/mol. The zero-order chi connectivity index (χ0) is 17.7. The fourth-order valence-corrected chi connectivity index (χ4v) is 3.21. The number of nitrogens with zero attached hydrogens (tertiary/aromatic N) is 1. The van der Waals surface area contributed by atoms with Crippen LogP contribution in [0.4, 0.5) is 18.9 Å². The van der Waals surface area contributed by atoms with E-state index in [1.165, 1.54) is 6.92 Å². The SMILES string of the molecule is CCN(Cc1cccc(NC(=O)C2CSCN2)c1)C(=O)C(F)(F)F.Cl. The highest BCUT2D eigenvalue weighted by atomic mass is 35.5. The number of carbonyl (C=O) groups is 2. The van der Waals surface area contributed by atoms with Crippen LogP contribution in [0.25, 0.3) is 0 Å². The maximum Gasteiger partial charge on any atom is 0.471 e. The number of nitrogens with one attached hydrogen (secondary N) is 2. The summed E-state index contributed by atoms with van der Waals surface area (Å²) in [5.74, 6) is -0.666. The normalized spacial score (nSPS) is 16.9. The Morgan fingerprint density at radius 1 is 1.40 bits per heavy atom. The number of thioether (sulfide) groups is 1. The molecule has 1 unspecified atom stereocenters. The lowest BCUT2D eigenvalue weighted by atomic mass is 10.1. The van der Waals surface area contributed by atoms with Crippen LogP contribution >= 0.6 is 24.2 Å². The van der Waals surface area contributed by atoms with E-state index in [2.05, 4.69) is 10.6 Å². The topological polar surface area (TPSA) is 61.4 Å². The average molecular weight is 398 g/mol. The van der Waals surface area contributed by atoms with Gasteiger partial charge in [-0.1, -0.05) is 12.1 Å². The Kier molecular flexibility index (Phi) is 8.04. The average Bonchev–Trinajstić information content (AvgIpc) is 3.06. The summed E-state index contributed by atoms with van der Waals surface area (Å²) in [4.78, 5) is 24.1. The van der Waals surface area contributed by atoms with Gasteiger partial charge >= 0.3 is 12.1 Å². The molecule has 0 bridgehead atoms. The van der Waals surface area contributed by atoms with Gasteiger partial charge < -0.3 is 10.2 Å². The number of hydrogen-bond acceptors (Lipinski definition) is 4. The molecule has 1 aliphatic heterocycles. The van der Waals surface area contributed by atoms with Crippen LogP contribution in [-0.4, -0.2) is 47.1 Å². The van der Waals surface area contributed by atoms with Crippen molar-refractivity contribution in [2.24, 2.45) is 0 Å². The third-order valence-corrected chi connectivity index (χ3v) is 4.45. The molecule has 1 atom stereocenters. The van der Waals surface area contributed by atoms with Gasteiger partial charge in [-0.25, -0.2) is 0 Å². The van der Waals surface area contributed by atoms with Crippen LogP contribution in [0.2, 0.25) is 0 Å². The van der Waals surface area contributed by atoms with Crippen molar-refractivity contribution in [3.05, 3.63) is 29.8 Å². The Hall–Kier alpha value is -1.45. The molecule has 1 aromatic rings. The van der Waals surface area contributed by atoms with Gasteiger partial charge in [-0.05, 0) is 24.6 Å². The maximum atomic E-state index is 12.6. The molecular formula is C15H19ClF3N3O2S. The molecule has 2 N–H and O–H groups in total. The molecule has 2 rings (SSSR count). The Morgan fingerprint density at radius 2 is 2.12 bits per heavy atom. The van der Waals surface area contributed by atoms with Crippen molar-refractivity contribution in [2.45, 2.75) is 25.7 Å². The van der Waals surface area contributed by atoms with Crippen LogP contribution in [0.3, 0.4) is 0 Å². The highest BCUT2D eigenvalue weighted by Gasteiger charge is 2.41. The van der Waals surface area contributed by atoms with Gasteiger partial charge in [0.25, 0.3) is 0 Å². The number of halogens is 4. The second-order valence-electron chi connectivity index (χ2n) is 5.28. The molecule has 0 aliphatic carbocycles. The van der Waals surface area contributed by atoms with E-state index >= 15 is 0 Å². The summed E-state index contributed by atoms with van der Waals surface area (Å²) < 4.78 is 37.7. The molecule has 10 heteroatoms. The fourth-order valence-electron chi connectivity index (χ4n) is 2.27. The van der Waals surface area contributed by atoms with Gasteiger partial charge in [0, 0.05) is 30.4 Å². The smallest absolute Gasteiger partial charge is 0.331 e. The van der Waals surface area contributed by atoms with E-state index in [9.17, 15) is 22.8 Å². The zero-order valence-electron chi connectivity index (χ0n) is 13.4. The second kappa shape index (κ2) is 9.30. The van der Waals surface area contributed by atoms with Crippen molar-refractivity contribution in [1.29, 1.82) is 0 Å². The highest BCUT2D eigenvalue weighted by molar-refractivity contribution is 7.99. The van der Waals surface area contributed by atoms with E-state index in [1.54, 1.807) is 36.0 Å². The Morgan fingerprint density at radius 3 is 2.68 bits per heavy atom. The third-order valence-electron chi connectivity index (χ3n) is 3.51. The van der Waals surface area contributed by atoms with Crippen molar-refractivity contribution in [3.63, 3.8) is 0 Å². The summed E-state index contributed by atoms with van der Waals surface area (Å²) in [5.41, 5.74) is 1.01. The molecule has 1 aliphatic rings. The predicted molar refractivity (Wildman–Crippen MR) is 93.7 cm³/mol. The van der Waals surface area contributed by atoms with Gasteiger partial charge in [0.15, 0.2) is 0 Å². The minimum Gasteiger partial charge on any atom is -0.331 e. The minimum atomic E-state index is -4.90. The number of benzene rings is 1. The van der Waals surface area contributed by atoms with Crippen molar-refractivity contribution in [3.8, 4) is 0 Å². The summed E-state index contributed by atoms with van der Waals surface area (Å²) in [6.45, 7) is 1.26. The second-order valence-corrected chi connectivity index (χ2v) is 6.31. The van der Waals surface area contributed by atoms with Crippen molar-refractivity contribution in [1.82, 2.24) is 10.2 Å². The standard InChI is InChI=1S/C15H18F3N3O2S.ClH/c1-2-21(14(23)15(16,17)18)7-10-4-3-5-11(6-10)20-13(22)12-8-24-9-19-12;/h3-6,12,19H,2,7-9H2,1H3,(H,20,22);1H. The molecule has 2 amide bonds. The van der Waals surface area contributed by atoms with Gasteiger partial charge in [-0.2, -0.15) is 13.2 Å². The Bertz CT molecular complexity index is 610. The van der Waals surface area contributed by atoms with Crippen molar-refractivity contribution < 1.29 is 22.8 Å². The number of carbonyl (C=O) groups excluding carboxylic acids is 2. The van der Waals surface area contributed by atoms with Gasteiger partial charge in [0.05, 0.1) is 6.04 Å². The first-order valence-electron chi connectivity index (χ1n) is 7.38. The molecule has 5 nitrogen and oxygen atoms in total. The first-order valence-corrected chi connectivity index (χ1v) is 8.53. The number of amides is 2. The van der Waals surface area contributed by atoms with E-state index < -0.39 is 12.1 Å². The first kappa shape index (κ1) is 21.6. The fraction of sp³-hybridized carbons (Fsp3) is 0.467. The quantitative estimate of drug-likeness (QED) is 0.801. The molecule has 25 heavy (non-hydrogen) atoms. The van der Waals surface area contributed by atoms with E-state index in [-0.39, 0.29) is 37.4 Å². The number of alkyl halides is 3. The van der Waals surface area contributed by atoms with Gasteiger partial charge in [-0.15, -0.1) is 24.2 Å². The number of hydrogen-bond donors (Lipinski definition) is 2. The van der Waals surface area contributed by atoms with Crippen molar-refractivity contribution in [2.75, 3.05) is 23.5 Å². The molecule has 1 fully saturated rings. The molecule has 0 saturated carbocycles. The molecule has 1 heterocycles. The first-order chi connectivity index (χ1) is 11.3. The number of anilines is 1. The van der Waals surface area contributed by atoms with Gasteiger partial charge in [0.1, 0.15) is 0 Å². The molecule has 1 saturated heterocycles. The summed E-state index contributed by atoms with van der Waals surface area (Å²) >= 11 is 1.62. The summed E-state index contributed by atoms with van der Waals surface area (Å²) in [7, 11) is 0. The van der Waals surface area contributed by atoms with E-state index in [4.69, 9.17) is 0 Å². The number of rotatable bonds is 5. The monoisotopic (exact) mass is 397 g/mol. The largest absolute Gasteiger partial charge is 0.471 e. The molecule has 0 aromatic heterocycles. The molecule has 140 valence electrons. The van der Waals surface area contributed by atoms with Crippen LogP contribution < -0.4 is 10.6 Å². The van der Waals surface area contributed by atoms with Crippen LogP contribution in [0.5, 0.6) is 0 Å². The summed E-state index contributed by atoms with van der Waals surface area (Å²) in [6, 6.07) is 6.20. The Labute approximate surface area is 154 Å². The Balaban J connectivity index is 0.00000312. The highest BCUT2D eigenvalue weighted by Crippen LogP contribution is 2.21. The van der Waals surface area contributed by atoms with E-state index in [1.807, 2.05) is 0 Å². The molecule has 0 radical (unpaired) electrons. The van der Waals surface area contributed by atoms with Crippen LogP contribution in [-0.2, 0) is 16.1 Å².